The molecule has 2 atom stereocenters. The summed E-state index contributed by atoms with van der Waals surface area (Å²) in [6.07, 6.45) is 30.6. The highest BCUT2D eigenvalue weighted by atomic mass is 32.1. The van der Waals surface area contributed by atoms with E-state index in [9.17, 15) is 9.59 Å². The zero-order valence-electron chi connectivity index (χ0n) is 36.8. The van der Waals surface area contributed by atoms with Crippen molar-refractivity contribution >= 4 is 29.3 Å². The first-order valence-electron chi connectivity index (χ1n) is 23.5. The van der Waals surface area contributed by atoms with Crippen LogP contribution in [0.15, 0.2) is 0 Å². The van der Waals surface area contributed by atoms with Gasteiger partial charge in [0.15, 0.2) is 5.11 Å². The van der Waals surface area contributed by atoms with Crippen molar-refractivity contribution in [2.45, 2.75) is 215 Å². The van der Waals surface area contributed by atoms with E-state index in [1.54, 1.807) is 0 Å². The molecule has 8 heteroatoms. The molecule has 54 heavy (non-hydrogen) atoms. The van der Waals surface area contributed by atoms with Gasteiger partial charge in [-0.15, -0.1) is 0 Å². The average molecular weight is 782 g/mol. The van der Waals surface area contributed by atoms with E-state index in [0.717, 1.165) is 102 Å². The lowest BCUT2D eigenvalue weighted by Crippen LogP contribution is -2.42. The van der Waals surface area contributed by atoms with Crippen LogP contribution in [0, 0.1) is 11.8 Å². The van der Waals surface area contributed by atoms with Gasteiger partial charge >= 0.3 is 11.9 Å². The molecule has 0 aromatic heterocycles. The van der Waals surface area contributed by atoms with Crippen molar-refractivity contribution in [1.82, 2.24) is 15.1 Å². The quantitative estimate of drug-likeness (QED) is 0.0374. The van der Waals surface area contributed by atoms with Crippen LogP contribution in [0.2, 0.25) is 0 Å². The van der Waals surface area contributed by atoms with Gasteiger partial charge in [-0.05, 0) is 76.8 Å². The summed E-state index contributed by atoms with van der Waals surface area (Å²) in [6.45, 7) is 19.6. The van der Waals surface area contributed by atoms with Crippen molar-refractivity contribution in [2.75, 3.05) is 52.5 Å². The second-order valence-electron chi connectivity index (χ2n) is 15.8. The topological polar surface area (TPSA) is 71.1 Å². The highest BCUT2D eigenvalue weighted by Gasteiger charge is 2.21. The third kappa shape index (κ3) is 30.8. The molecule has 0 saturated heterocycles. The molecular formula is C46H91N3O4S. The Morgan fingerprint density at radius 2 is 0.833 bits per heavy atom. The number of hydrogen-bond acceptors (Lipinski definition) is 6. The van der Waals surface area contributed by atoms with E-state index in [2.05, 4.69) is 56.7 Å². The fourth-order valence-corrected chi connectivity index (χ4v) is 7.58. The minimum Gasteiger partial charge on any atom is -0.465 e. The van der Waals surface area contributed by atoms with Crippen molar-refractivity contribution in [3.63, 3.8) is 0 Å². The van der Waals surface area contributed by atoms with Crippen molar-refractivity contribution in [2.24, 2.45) is 11.8 Å². The van der Waals surface area contributed by atoms with Gasteiger partial charge in [-0.25, -0.2) is 0 Å². The van der Waals surface area contributed by atoms with E-state index < -0.39 is 0 Å². The molecule has 1 N–H and O–H groups in total. The van der Waals surface area contributed by atoms with Crippen molar-refractivity contribution in [3.8, 4) is 0 Å². The predicted molar refractivity (Wildman–Crippen MR) is 236 cm³/mol. The number of thiocarbonyl (C=S) groups is 1. The molecule has 0 saturated carbocycles. The number of unbranched alkanes of at least 4 members (excludes halogenated alkanes) is 16. The zero-order chi connectivity index (χ0) is 39.9. The fourth-order valence-electron chi connectivity index (χ4n) is 7.29. The van der Waals surface area contributed by atoms with Crippen LogP contribution in [0.4, 0.5) is 0 Å². The molecule has 0 aliphatic heterocycles. The van der Waals surface area contributed by atoms with Gasteiger partial charge in [-0.1, -0.05) is 170 Å². The highest BCUT2D eigenvalue weighted by molar-refractivity contribution is 7.80. The Balaban J connectivity index is 5.14. The first-order chi connectivity index (χ1) is 26.4. The summed E-state index contributed by atoms with van der Waals surface area (Å²) >= 11 is 5.89. The molecular weight excluding hydrogens is 691 g/mol. The summed E-state index contributed by atoms with van der Waals surface area (Å²) in [7, 11) is 0. The monoisotopic (exact) mass is 782 g/mol. The van der Waals surface area contributed by atoms with Gasteiger partial charge < -0.3 is 24.6 Å². The second-order valence-corrected chi connectivity index (χ2v) is 16.2. The van der Waals surface area contributed by atoms with Crippen LogP contribution in [0.5, 0.6) is 0 Å². The summed E-state index contributed by atoms with van der Waals surface area (Å²) in [4.78, 5) is 31.1. The molecule has 0 aliphatic rings. The number of ether oxygens (including phenoxy) is 2. The molecule has 0 rings (SSSR count). The summed E-state index contributed by atoms with van der Waals surface area (Å²) in [6, 6.07) is 0. The third-order valence-electron chi connectivity index (χ3n) is 11.0. The standard InChI is InChI=1S/C46H91N3O4S/c1-7-13-17-21-23-27-34-42(32-25-19-15-9-3)44(50)52-40-30-38-49(46(54)47-36-29-37-48(11-5)12-6)39-31-41-53-45(51)43(33-26-20-16-10-4)35-28-24-22-18-14-8-2/h42-43H,7-41H2,1-6H3,(H,47,54). The first-order valence-corrected chi connectivity index (χ1v) is 23.9. The molecule has 320 valence electrons. The van der Waals surface area contributed by atoms with E-state index in [-0.39, 0.29) is 23.8 Å². The van der Waals surface area contributed by atoms with Crippen LogP contribution in [0.25, 0.3) is 0 Å². The van der Waals surface area contributed by atoms with Crippen LogP contribution in [-0.4, -0.2) is 79.3 Å². The van der Waals surface area contributed by atoms with Gasteiger partial charge in [0.2, 0.25) is 0 Å². The maximum absolute atomic E-state index is 13.3. The lowest BCUT2D eigenvalue weighted by atomic mass is 9.94. The minimum absolute atomic E-state index is 0.0131. The molecule has 0 radical (unpaired) electrons. The Kier molecular flexibility index (Phi) is 38.8. The zero-order valence-corrected chi connectivity index (χ0v) is 37.7. The number of nitrogens with zero attached hydrogens (tertiary/aromatic N) is 2. The van der Waals surface area contributed by atoms with Gasteiger partial charge in [0.05, 0.1) is 25.0 Å². The van der Waals surface area contributed by atoms with E-state index >= 15 is 0 Å². The Bertz CT molecular complexity index is 804. The van der Waals surface area contributed by atoms with Crippen LogP contribution in [0.3, 0.4) is 0 Å². The summed E-state index contributed by atoms with van der Waals surface area (Å²) in [5.41, 5.74) is 0. The van der Waals surface area contributed by atoms with Gasteiger partial charge in [-0.2, -0.15) is 0 Å². The molecule has 0 fully saturated rings. The molecule has 0 amide bonds. The summed E-state index contributed by atoms with van der Waals surface area (Å²) in [5, 5.41) is 4.22. The molecule has 0 aliphatic carbocycles. The number of carbonyl (C=O) groups excluding carboxylic acids is 2. The smallest absolute Gasteiger partial charge is 0.308 e. The average Bonchev–Trinajstić information content (AvgIpc) is 3.18. The second kappa shape index (κ2) is 39.8. The van der Waals surface area contributed by atoms with Gasteiger partial charge in [0.1, 0.15) is 0 Å². The normalized spacial score (nSPS) is 12.5. The maximum atomic E-state index is 13.3. The molecule has 0 bridgehead atoms. The SMILES string of the molecule is CCCCCCCCC(CCCCCC)C(=O)OCCCN(CCCOC(=O)C(CCCCCC)CCCCCCCC)C(=S)NCCCN(CC)CC. The van der Waals surface area contributed by atoms with E-state index in [4.69, 9.17) is 21.7 Å². The minimum atomic E-state index is -0.0131. The number of esters is 2. The van der Waals surface area contributed by atoms with Crippen LogP contribution in [-0.2, 0) is 19.1 Å². The van der Waals surface area contributed by atoms with Gasteiger partial charge in [-0.3, -0.25) is 9.59 Å². The molecule has 0 aromatic rings. The number of carbonyl (C=O) groups is 2. The van der Waals surface area contributed by atoms with Crippen molar-refractivity contribution in [3.05, 3.63) is 0 Å². The molecule has 7 nitrogen and oxygen atoms in total. The summed E-state index contributed by atoms with van der Waals surface area (Å²) < 4.78 is 11.8. The van der Waals surface area contributed by atoms with Gasteiger partial charge in [0.25, 0.3) is 0 Å². The Morgan fingerprint density at radius 3 is 1.20 bits per heavy atom. The third-order valence-corrected chi connectivity index (χ3v) is 11.4. The Labute approximate surface area is 341 Å². The number of rotatable bonds is 40. The molecule has 2 unspecified atom stereocenters. The molecule has 0 aromatic carbocycles. The Hall–Kier alpha value is -1.41. The molecule has 0 heterocycles. The van der Waals surface area contributed by atoms with E-state index in [0.29, 0.717) is 26.3 Å². The molecule has 0 spiro atoms. The number of hydrogen-bond donors (Lipinski definition) is 1. The first kappa shape index (κ1) is 52.6. The summed E-state index contributed by atoms with van der Waals surface area (Å²) in [5.74, 6) is 0.00876. The van der Waals surface area contributed by atoms with E-state index in [1.165, 1.54) is 103 Å². The van der Waals surface area contributed by atoms with Crippen LogP contribution < -0.4 is 5.32 Å². The van der Waals surface area contributed by atoms with Crippen LogP contribution >= 0.6 is 12.2 Å². The lowest BCUT2D eigenvalue weighted by molar-refractivity contribution is -0.150. The Morgan fingerprint density at radius 1 is 0.481 bits per heavy atom. The lowest BCUT2D eigenvalue weighted by Gasteiger charge is -2.27. The van der Waals surface area contributed by atoms with E-state index in [1.807, 2.05) is 0 Å². The maximum Gasteiger partial charge on any atom is 0.308 e. The fraction of sp³-hybridized carbons (Fsp3) is 0.935. The van der Waals surface area contributed by atoms with Crippen molar-refractivity contribution in [1.29, 1.82) is 0 Å². The predicted octanol–water partition coefficient (Wildman–Crippen LogP) is 12.4. The largest absolute Gasteiger partial charge is 0.465 e. The van der Waals surface area contributed by atoms with Crippen LogP contribution in [0.1, 0.15) is 215 Å². The van der Waals surface area contributed by atoms with Gasteiger partial charge in [0, 0.05) is 19.6 Å². The van der Waals surface area contributed by atoms with Crippen molar-refractivity contribution < 1.29 is 19.1 Å². The highest BCUT2D eigenvalue weighted by Crippen LogP contribution is 2.22. The number of nitrogens with one attached hydrogen (secondary N) is 1.